The normalized spacial score (nSPS) is 11.5. The number of hydrogen-bond acceptors (Lipinski definition) is 3. The molecule has 4 heteroatoms. The molecular formula is C11H14N2O2. The highest BCUT2D eigenvalue weighted by atomic mass is 16.4. The van der Waals surface area contributed by atoms with Gasteiger partial charge < -0.3 is 10.2 Å². The lowest BCUT2D eigenvalue weighted by Crippen LogP contribution is -2.08. The predicted octanol–water partition coefficient (Wildman–Crippen LogP) is 1.84. The van der Waals surface area contributed by atoms with E-state index < -0.39 is 0 Å². The molecule has 0 spiro atoms. The second-order valence-corrected chi connectivity index (χ2v) is 4.04. The number of nitrogens with zero attached hydrogens (tertiary/aromatic N) is 1. The van der Waals surface area contributed by atoms with Crippen LogP contribution in [0.4, 0.5) is 5.69 Å². The standard InChI is InChI=1S/C11H14N2O2/c1-6(2)7-4-8(12)10-9(5-7)13(3)11(14)15-10/h4-6H,12H2,1-3H3. The van der Waals surface area contributed by atoms with Crippen molar-refractivity contribution in [2.45, 2.75) is 19.8 Å². The van der Waals surface area contributed by atoms with Gasteiger partial charge in [0.15, 0.2) is 5.58 Å². The Morgan fingerprint density at radius 1 is 1.40 bits per heavy atom. The van der Waals surface area contributed by atoms with Crippen LogP contribution in [0.25, 0.3) is 11.1 Å². The number of oxazole rings is 1. The van der Waals surface area contributed by atoms with Crippen molar-refractivity contribution in [3.8, 4) is 0 Å². The molecule has 15 heavy (non-hydrogen) atoms. The molecule has 0 fully saturated rings. The molecule has 4 nitrogen and oxygen atoms in total. The third-order valence-corrected chi connectivity index (χ3v) is 2.61. The lowest BCUT2D eigenvalue weighted by atomic mass is 10.0. The highest BCUT2D eigenvalue weighted by Gasteiger charge is 2.11. The van der Waals surface area contributed by atoms with E-state index >= 15 is 0 Å². The topological polar surface area (TPSA) is 61.2 Å². The maximum absolute atomic E-state index is 11.3. The number of fused-ring (bicyclic) bond motifs is 1. The maximum Gasteiger partial charge on any atom is 0.419 e. The van der Waals surface area contributed by atoms with E-state index in [1.54, 1.807) is 7.05 Å². The van der Waals surface area contributed by atoms with Gasteiger partial charge >= 0.3 is 5.76 Å². The van der Waals surface area contributed by atoms with Crippen molar-refractivity contribution in [1.29, 1.82) is 0 Å². The molecule has 0 aliphatic carbocycles. The van der Waals surface area contributed by atoms with E-state index in [4.69, 9.17) is 10.2 Å². The lowest BCUT2D eigenvalue weighted by Gasteiger charge is -2.06. The molecule has 80 valence electrons. The molecule has 0 aliphatic rings. The molecule has 2 N–H and O–H groups in total. The molecule has 0 amide bonds. The van der Waals surface area contributed by atoms with Gasteiger partial charge in [0.2, 0.25) is 0 Å². The van der Waals surface area contributed by atoms with Gasteiger partial charge in [-0.3, -0.25) is 4.57 Å². The summed E-state index contributed by atoms with van der Waals surface area (Å²) in [6, 6.07) is 3.80. The Bertz CT molecular complexity index is 564. The average molecular weight is 206 g/mol. The first-order chi connectivity index (χ1) is 7.00. The monoisotopic (exact) mass is 206 g/mol. The highest BCUT2D eigenvalue weighted by molar-refractivity contribution is 5.86. The number of anilines is 1. The van der Waals surface area contributed by atoms with Crippen LogP contribution >= 0.6 is 0 Å². The second-order valence-electron chi connectivity index (χ2n) is 4.04. The first kappa shape index (κ1) is 9.83. The van der Waals surface area contributed by atoms with E-state index in [1.807, 2.05) is 12.1 Å². The van der Waals surface area contributed by atoms with Crippen LogP contribution in [-0.2, 0) is 7.05 Å². The molecule has 1 aromatic heterocycles. The van der Waals surface area contributed by atoms with Crippen LogP contribution in [0, 0.1) is 0 Å². The summed E-state index contributed by atoms with van der Waals surface area (Å²) in [5.74, 6) is -0.000641. The zero-order valence-electron chi connectivity index (χ0n) is 9.07. The number of benzene rings is 1. The molecule has 1 heterocycles. The smallest absolute Gasteiger partial charge is 0.405 e. The Hall–Kier alpha value is -1.71. The fourth-order valence-electron chi connectivity index (χ4n) is 1.61. The summed E-state index contributed by atoms with van der Waals surface area (Å²) < 4.78 is 6.52. The summed E-state index contributed by atoms with van der Waals surface area (Å²) in [5.41, 5.74) is 8.69. The molecule has 2 rings (SSSR count). The fraction of sp³-hybridized carbons (Fsp3) is 0.364. The van der Waals surface area contributed by atoms with Gasteiger partial charge in [0.1, 0.15) is 0 Å². The number of aromatic nitrogens is 1. The Kier molecular flexibility index (Phi) is 2.07. The third kappa shape index (κ3) is 1.42. The summed E-state index contributed by atoms with van der Waals surface area (Å²) in [5, 5.41) is 0. The van der Waals surface area contributed by atoms with Gasteiger partial charge in [0.25, 0.3) is 0 Å². The first-order valence-corrected chi connectivity index (χ1v) is 4.89. The zero-order chi connectivity index (χ0) is 11.2. The summed E-state index contributed by atoms with van der Waals surface area (Å²) >= 11 is 0. The molecule has 0 atom stereocenters. The van der Waals surface area contributed by atoms with Crippen LogP contribution in [-0.4, -0.2) is 4.57 Å². The van der Waals surface area contributed by atoms with Crippen molar-refractivity contribution in [2.75, 3.05) is 5.73 Å². The minimum Gasteiger partial charge on any atom is -0.405 e. The Morgan fingerprint density at radius 3 is 2.67 bits per heavy atom. The number of aryl methyl sites for hydroxylation is 1. The van der Waals surface area contributed by atoms with Crippen LogP contribution in [0.2, 0.25) is 0 Å². The molecule has 0 bridgehead atoms. The van der Waals surface area contributed by atoms with Crippen LogP contribution in [0.15, 0.2) is 21.3 Å². The van der Waals surface area contributed by atoms with Crippen molar-refractivity contribution >= 4 is 16.8 Å². The van der Waals surface area contributed by atoms with Crippen LogP contribution < -0.4 is 11.5 Å². The van der Waals surface area contributed by atoms with Gasteiger partial charge in [-0.05, 0) is 23.6 Å². The fourth-order valence-corrected chi connectivity index (χ4v) is 1.61. The summed E-state index contributed by atoms with van der Waals surface area (Å²) in [4.78, 5) is 11.3. The molecular weight excluding hydrogens is 192 g/mol. The van der Waals surface area contributed by atoms with Crippen molar-refractivity contribution < 1.29 is 4.42 Å². The third-order valence-electron chi connectivity index (χ3n) is 2.61. The van der Waals surface area contributed by atoms with Gasteiger partial charge in [0, 0.05) is 7.05 Å². The SMILES string of the molecule is CC(C)c1cc(N)c2oc(=O)n(C)c2c1. The maximum atomic E-state index is 11.3. The van der Waals surface area contributed by atoms with Crippen molar-refractivity contribution in [3.05, 3.63) is 28.2 Å². The summed E-state index contributed by atoms with van der Waals surface area (Å²) in [7, 11) is 1.68. The summed E-state index contributed by atoms with van der Waals surface area (Å²) in [6.45, 7) is 4.16. The van der Waals surface area contributed by atoms with Crippen molar-refractivity contribution in [1.82, 2.24) is 4.57 Å². The van der Waals surface area contributed by atoms with Crippen molar-refractivity contribution in [3.63, 3.8) is 0 Å². The molecule has 0 saturated heterocycles. The number of nitrogens with two attached hydrogens (primary N) is 1. The van der Waals surface area contributed by atoms with Gasteiger partial charge in [-0.25, -0.2) is 4.79 Å². The average Bonchev–Trinajstić information content (AvgIpc) is 2.45. The van der Waals surface area contributed by atoms with Crippen molar-refractivity contribution in [2.24, 2.45) is 7.05 Å². The van der Waals surface area contributed by atoms with E-state index in [9.17, 15) is 4.79 Å². The molecule has 1 aromatic carbocycles. The van der Waals surface area contributed by atoms with Crippen LogP contribution in [0.1, 0.15) is 25.3 Å². The van der Waals surface area contributed by atoms with E-state index in [0.717, 1.165) is 11.1 Å². The van der Waals surface area contributed by atoms with Gasteiger partial charge in [-0.15, -0.1) is 0 Å². The van der Waals surface area contributed by atoms with E-state index in [2.05, 4.69) is 13.8 Å². The van der Waals surface area contributed by atoms with E-state index in [1.165, 1.54) is 4.57 Å². The highest BCUT2D eigenvalue weighted by Crippen LogP contribution is 2.25. The van der Waals surface area contributed by atoms with Gasteiger partial charge in [-0.2, -0.15) is 0 Å². The number of rotatable bonds is 1. The molecule has 0 saturated carbocycles. The Morgan fingerprint density at radius 2 is 2.07 bits per heavy atom. The molecule has 0 unspecified atom stereocenters. The lowest BCUT2D eigenvalue weighted by molar-refractivity contribution is 0.529. The quantitative estimate of drug-likeness (QED) is 0.724. The number of hydrogen-bond donors (Lipinski definition) is 1. The Labute approximate surface area is 87.3 Å². The number of nitrogen functional groups attached to an aromatic ring is 1. The molecule has 0 aliphatic heterocycles. The molecule has 2 aromatic rings. The van der Waals surface area contributed by atoms with E-state index in [0.29, 0.717) is 17.2 Å². The van der Waals surface area contributed by atoms with E-state index in [-0.39, 0.29) is 5.76 Å². The first-order valence-electron chi connectivity index (χ1n) is 4.89. The minimum absolute atomic E-state index is 0.377. The zero-order valence-corrected chi connectivity index (χ0v) is 9.07. The van der Waals surface area contributed by atoms with Gasteiger partial charge in [-0.1, -0.05) is 13.8 Å². The Balaban J connectivity index is 2.85. The van der Waals surface area contributed by atoms with Gasteiger partial charge in [0.05, 0.1) is 11.2 Å². The molecule has 0 radical (unpaired) electrons. The second kappa shape index (κ2) is 3.15. The van der Waals surface area contributed by atoms with Crippen LogP contribution in [0.3, 0.4) is 0 Å². The predicted molar refractivity (Wildman–Crippen MR) is 60.0 cm³/mol. The summed E-state index contributed by atoms with van der Waals surface area (Å²) in [6.07, 6.45) is 0. The largest absolute Gasteiger partial charge is 0.419 e. The minimum atomic E-state index is -0.377. The van der Waals surface area contributed by atoms with Crippen LogP contribution in [0.5, 0.6) is 0 Å².